The zero-order valence-corrected chi connectivity index (χ0v) is 9.43. The fraction of sp³-hybridized carbons (Fsp3) is 1.00. The van der Waals surface area contributed by atoms with Crippen LogP contribution < -0.4 is 0 Å². The Balaban J connectivity index is 3.58. The van der Waals surface area contributed by atoms with Crippen molar-refractivity contribution in [3.63, 3.8) is 0 Å². The summed E-state index contributed by atoms with van der Waals surface area (Å²) >= 11 is 0. The number of unbranched alkanes of at least 4 members (excludes halogenated alkanes) is 1. The summed E-state index contributed by atoms with van der Waals surface area (Å²) in [4.78, 5) is 0. The number of rotatable bonds is 6. The molecule has 0 heterocycles. The average Bonchev–Trinajstić information content (AvgIpc) is 1.97. The first-order valence-corrected chi connectivity index (χ1v) is 6.10. The normalized spacial score (nSPS) is 13.2. The van der Waals surface area contributed by atoms with Crippen LogP contribution in [0.4, 0.5) is 0 Å². The average molecular weight is 209 g/mol. The van der Waals surface area contributed by atoms with Gasteiger partial charge in [-0.25, -0.2) is 8.42 Å². The summed E-state index contributed by atoms with van der Waals surface area (Å²) < 4.78 is 31.7. The van der Waals surface area contributed by atoms with Crippen LogP contribution in [0.5, 0.6) is 0 Å². The molecule has 0 amide bonds. The fourth-order valence-corrected chi connectivity index (χ4v) is 1.53. The second-order valence-electron chi connectivity index (χ2n) is 3.94. The lowest BCUT2D eigenvalue weighted by molar-refractivity contribution is -0.888. The van der Waals surface area contributed by atoms with Crippen molar-refractivity contribution in [3.8, 4) is 0 Å². The highest BCUT2D eigenvalue weighted by Gasteiger charge is 2.10. The molecule has 5 heteroatoms. The molecule has 0 fully saturated rings. The minimum Gasteiger partial charge on any atom is -0.748 e. The van der Waals surface area contributed by atoms with E-state index >= 15 is 0 Å². The van der Waals surface area contributed by atoms with E-state index in [2.05, 4.69) is 21.0 Å². The molecule has 4 nitrogen and oxygen atoms in total. The highest BCUT2D eigenvalue weighted by atomic mass is 32.2. The maximum absolute atomic E-state index is 10.3. The predicted molar refractivity (Wildman–Crippen MR) is 51.3 cm³/mol. The van der Waals surface area contributed by atoms with Gasteiger partial charge in [0, 0.05) is 5.75 Å². The van der Waals surface area contributed by atoms with Crippen molar-refractivity contribution in [1.29, 1.82) is 0 Å². The van der Waals surface area contributed by atoms with Gasteiger partial charge in [0.2, 0.25) is 0 Å². The monoisotopic (exact) mass is 209 g/mol. The van der Waals surface area contributed by atoms with Crippen molar-refractivity contribution in [1.82, 2.24) is 0 Å². The smallest absolute Gasteiger partial charge is 0.0945 e. The first-order valence-electron chi connectivity index (χ1n) is 4.52. The summed E-state index contributed by atoms with van der Waals surface area (Å²) in [5, 5.41) is 0. The molecule has 0 bridgehead atoms. The molecule has 0 atom stereocenters. The lowest BCUT2D eigenvalue weighted by atomic mass is 10.3. The van der Waals surface area contributed by atoms with E-state index in [0.29, 0.717) is 6.42 Å². The Labute approximate surface area is 80.9 Å². The van der Waals surface area contributed by atoms with Crippen LogP contribution in [-0.4, -0.2) is 50.4 Å². The van der Waals surface area contributed by atoms with E-state index in [1.807, 2.05) is 0 Å². The lowest BCUT2D eigenvalue weighted by Gasteiger charge is -2.28. The minimum absolute atomic E-state index is 0.225. The number of nitrogens with zero attached hydrogens (tertiary/aromatic N) is 1. The van der Waals surface area contributed by atoms with Crippen LogP contribution in [0, 0.1) is 0 Å². The second-order valence-corrected chi connectivity index (χ2v) is 5.47. The van der Waals surface area contributed by atoms with E-state index in [1.54, 1.807) is 0 Å². The Morgan fingerprint density at radius 2 is 1.77 bits per heavy atom. The maximum atomic E-state index is 10.3. The Morgan fingerprint density at radius 3 is 2.15 bits per heavy atom. The molecule has 80 valence electrons. The Hall–Kier alpha value is -0.130. The van der Waals surface area contributed by atoms with Crippen molar-refractivity contribution in [2.24, 2.45) is 0 Å². The molecule has 0 N–H and O–H groups in total. The zero-order chi connectivity index (χ0) is 10.5. The molecule has 0 saturated heterocycles. The first kappa shape index (κ1) is 12.9. The Morgan fingerprint density at radius 1 is 1.23 bits per heavy atom. The minimum atomic E-state index is -4.01. The van der Waals surface area contributed by atoms with Gasteiger partial charge in [0.1, 0.15) is 0 Å². The summed E-state index contributed by atoms with van der Waals surface area (Å²) in [6, 6.07) is 0. The highest BCUT2D eigenvalue weighted by molar-refractivity contribution is 7.85. The summed E-state index contributed by atoms with van der Waals surface area (Å²) in [6.45, 7) is 4.03. The molecule has 0 aliphatic heterocycles. The van der Waals surface area contributed by atoms with E-state index in [-0.39, 0.29) is 5.75 Å². The van der Waals surface area contributed by atoms with Crippen molar-refractivity contribution in [3.05, 3.63) is 0 Å². The molecule has 13 heavy (non-hydrogen) atoms. The largest absolute Gasteiger partial charge is 0.748 e. The third-order valence-corrected chi connectivity index (χ3v) is 3.05. The number of hydrogen-bond acceptors (Lipinski definition) is 3. The molecule has 0 unspecified atom stereocenters. The fourth-order valence-electron chi connectivity index (χ4n) is 0.977. The molecular formula is C8H19NO3S. The molecule has 0 aromatic rings. The molecule has 0 aromatic carbocycles. The molecule has 0 aliphatic carbocycles. The van der Waals surface area contributed by atoms with Crippen LogP contribution in [0.1, 0.15) is 19.8 Å². The van der Waals surface area contributed by atoms with Crippen molar-refractivity contribution < 1.29 is 17.5 Å². The summed E-state index contributed by atoms with van der Waals surface area (Å²) in [7, 11) is 0.172. The summed E-state index contributed by atoms with van der Waals surface area (Å²) in [5.74, 6) is -0.225. The summed E-state index contributed by atoms with van der Waals surface area (Å²) in [6.07, 6.45) is 1.27. The van der Waals surface area contributed by atoms with Gasteiger partial charge in [0.15, 0.2) is 0 Å². The van der Waals surface area contributed by atoms with Crippen molar-refractivity contribution in [2.45, 2.75) is 19.8 Å². The van der Waals surface area contributed by atoms with Crippen LogP contribution in [0.3, 0.4) is 0 Å². The van der Waals surface area contributed by atoms with Gasteiger partial charge in [-0.1, -0.05) is 0 Å². The van der Waals surface area contributed by atoms with E-state index in [9.17, 15) is 13.0 Å². The van der Waals surface area contributed by atoms with Gasteiger partial charge in [-0.05, 0) is 19.8 Å². The van der Waals surface area contributed by atoms with Crippen LogP contribution >= 0.6 is 0 Å². The maximum Gasteiger partial charge on any atom is 0.0945 e. The SMILES string of the molecule is CC[N+](C)(C)CCCCS(=O)(=O)[O-]. The standard InChI is InChI=1S/C8H19NO3S/c1-4-9(2,3)7-5-6-8-13(10,11)12/h4-8H2,1-3H3. The Kier molecular flexibility index (Phi) is 4.88. The molecule has 0 spiro atoms. The van der Waals surface area contributed by atoms with Gasteiger partial charge in [-0.3, -0.25) is 0 Å². The molecule has 0 radical (unpaired) electrons. The predicted octanol–water partition coefficient (Wildman–Crippen LogP) is 0.408. The van der Waals surface area contributed by atoms with Gasteiger partial charge in [-0.15, -0.1) is 0 Å². The molecule has 0 saturated carbocycles. The van der Waals surface area contributed by atoms with Crippen LogP contribution in [0.15, 0.2) is 0 Å². The van der Waals surface area contributed by atoms with Gasteiger partial charge in [0.25, 0.3) is 0 Å². The van der Waals surface area contributed by atoms with E-state index in [0.717, 1.165) is 24.0 Å². The molecular weight excluding hydrogens is 190 g/mol. The van der Waals surface area contributed by atoms with Crippen molar-refractivity contribution in [2.75, 3.05) is 32.9 Å². The Bertz CT molecular complexity index is 234. The quantitative estimate of drug-likeness (QED) is 0.361. The van der Waals surface area contributed by atoms with E-state index in [4.69, 9.17) is 0 Å². The van der Waals surface area contributed by atoms with Gasteiger partial charge in [-0.2, -0.15) is 0 Å². The van der Waals surface area contributed by atoms with Crippen LogP contribution in [0.25, 0.3) is 0 Å². The van der Waals surface area contributed by atoms with E-state index < -0.39 is 10.1 Å². The molecule has 0 rings (SSSR count). The third-order valence-electron chi connectivity index (χ3n) is 2.26. The van der Waals surface area contributed by atoms with Crippen LogP contribution in [-0.2, 0) is 10.1 Å². The van der Waals surface area contributed by atoms with E-state index in [1.165, 1.54) is 0 Å². The number of quaternary nitrogens is 1. The van der Waals surface area contributed by atoms with Gasteiger partial charge < -0.3 is 9.04 Å². The van der Waals surface area contributed by atoms with Gasteiger partial charge >= 0.3 is 0 Å². The van der Waals surface area contributed by atoms with Crippen molar-refractivity contribution >= 4 is 10.1 Å². The zero-order valence-electron chi connectivity index (χ0n) is 8.62. The molecule has 0 aliphatic rings. The number of hydrogen-bond donors (Lipinski definition) is 0. The second kappa shape index (κ2) is 4.93. The first-order chi connectivity index (χ1) is 5.77. The summed E-state index contributed by atoms with van der Waals surface area (Å²) in [5.41, 5.74) is 0. The third kappa shape index (κ3) is 8.21. The van der Waals surface area contributed by atoms with Gasteiger partial charge in [0.05, 0.1) is 37.3 Å². The van der Waals surface area contributed by atoms with Crippen LogP contribution in [0.2, 0.25) is 0 Å². The topological polar surface area (TPSA) is 57.2 Å². The lowest BCUT2D eigenvalue weighted by Crippen LogP contribution is -2.40. The highest BCUT2D eigenvalue weighted by Crippen LogP contribution is 2.02. The molecule has 0 aromatic heterocycles.